The molecule has 0 saturated carbocycles. The Balaban J connectivity index is 3.88. The minimum absolute atomic E-state index is 0.109. The summed E-state index contributed by atoms with van der Waals surface area (Å²) >= 11 is 0. The Labute approximate surface area is 106 Å². The summed E-state index contributed by atoms with van der Waals surface area (Å²) in [6.07, 6.45) is 1.40. The molecule has 0 spiro atoms. The highest BCUT2D eigenvalue weighted by atomic mass is 16.5. The van der Waals surface area contributed by atoms with E-state index in [1.54, 1.807) is 0 Å². The smallest absolute Gasteiger partial charge is 0.305 e. The minimum atomic E-state index is -0.109. The highest BCUT2D eigenvalue weighted by Gasteiger charge is 2.09. The van der Waals surface area contributed by atoms with Crippen molar-refractivity contribution in [3.8, 4) is 0 Å². The van der Waals surface area contributed by atoms with Crippen LogP contribution in [0.1, 0.15) is 26.7 Å². The second-order valence-corrected chi connectivity index (χ2v) is 5.18. The van der Waals surface area contributed by atoms with E-state index in [2.05, 4.69) is 42.5 Å². The molecular formula is C13H28N2O2. The maximum absolute atomic E-state index is 11.0. The summed E-state index contributed by atoms with van der Waals surface area (Å²) in [7, 11) is 5.62. The Kier molecular flexibility index (Phi) is 9.09. The number of hydrogen-bond donors (Lipinski definition) is 0. The lowest BCUT2D eigenvalue weighted by molar-refractivity contribution is -0.140. The first-order valence-electron chi connectivity index (χ1n) is 6.39. The highest BCUT2D eigenvalue weighted by Crippen LogP contribution is 2.02. The normalized spacial score (nSPS) is 11.5. The number of rotatable bonds is 9. The van der Waals surface area contributed by atoms with Gasteiger partial charge in [-0.2, -0.15) is 0 Å². The van der Waals surface area contributed by atoms with Crippen LogP contribution in [0.25, 0.3) is 0 Å². The van der Waals surface area contributed by atoms with Crippen LogP contribution in [0, 0.1) is 5.92 Å². The molecule has 0 aromatic heterocycles. The monoisotopic (exact) mass is 244 g/mol. The van der Waals surface area contributed by atoms with Crippen molar-refractivity contribution in [1.82, 2.24) is 9.80 Å². The lowest BCUT2D eigenvalue weighted by Crippen LogP contribution is -2.35. The van der Waals surface area contributed by atoms with Crippen LogP contribution in [0.2, 0.25) is 0 Å². The fourth-order valence-electron chi connectivity index (χ4n) is 1.70. The molecule has 4 heteroatoms. The average molecular weight is 244 g/mol. The van der Waals surface area contributed by atoms with Crippen LogP contribution >= 0.6 is 0 Å². The average Bonchev–Trinajstić information content (AvgIpc) is 2.24. The molecule has 0 amide bonds. The van der Waals surface area contributed by atoms with E-state index in [9.17, 15) is 4.79 Å². The van der Waals surface area contributed by atoms with E-state index in [1.165, 1.54) is 7.11 Å². The number of nitrogens with zero attached hydrogens (tertiary/aromatic N) is 2. The number of ether oxygens (including phenoxy) is 1. The van der Waals surface area contributed by atoms with Gasteiger partial charge in [0.25, 0.3) is 0 Å². The molecule has 17 heavy (non-hydrogen) atoms. The molecule has 0 saturated heterocycles. The number of carbonyl (C=O) groups excluding carboxylic acids is 1. The van der Waals surface area contributed by atoms with Crippen molar-refractivity contribution in [2.24, 2.45) is 5.92 Å². The second-order valence-electron chi connectivity index (χ2n) is 5.18. The second kappa shape index (κ2) is 9.42. The molecule has 0 heterocycles. The van der Waals surface area contributed by atoms with E-state index in [-0.39, 0.29) is 5.97 Å². The Hall–Kier alpha value is -0.610. The molecule has 0 aliphatic carbocycles. The maximum atomic E-state index is 11.0. The third-order valence-electron chi connectivity index (χ3n) is 2.57. The molecular weight excluding hydrogens is 216 g/mol. The van der Waals surface area contributed by atoms with E-state index in [4.69, 9.17) is 0 Å². The molecule has 0 aliphatic rings. The van der Waals surface area contributed by atoms with Crippen molar-refractivity contribution < 1.29 is 9.53 Å². The predicted octanol–water partition coefficient (Wildman–Crippen LogP) is 1.46. The third-order valence-corrected chi connectivity index (χ3v) is 2.57. The number of methoxy groups -OCH3 is 1. The summed E-state index contributed by atoms with van der Waals surface area (Å²) in [6, 6.07) is 0. The van der Waals surface area contributed by atoms with Gasteiger partial charge in [-0.3, -0.25) is 4.79 Å². The Morgan fingerprint density at radius 1 is 1.18 bits per heavy atom. The van der Waals surface area contributed by atoms with Crippen LogP contribution in [0.5, 0.6) is 0 Å². The third kappa shape index (κ3) is 10.3. The van der Waals surface area contributed by atoms with Gasteiger partial charge in [0, 0.05) is 26.1 Å². The number of esters is 1. The van der Waals surface area contributed by atoms with Gasteiger partial charge in [0.1, 0.15) is 0 Å². The van der Waals surface area contributed by atoms with Gasteiger partial charge in [-0.05, 0) is 33.0 Å². The highest BCUT2D eigenvalue weighted by molar-refractivity contribution is 5.69. The zero-order valence-corrected chi connectivity index (χ0v) is 12.0. The number of carbonyl (C=O) groups is 1. The van der Waals surface area contributed by atoms with E-state index >= 15 is 0 Å². The summed E-state index contributed by atoms with van der Waals surface area (Å²) in [4.78, 5) is 15.6. The SMILES string of the molecule is COC(=O)CCCN(CCN(C)C)CC(C)C. The van der Waals surface area contributed by atoms with E-state index in [0.29, 0.717) is 12.3 Å². The number of likely N-dealkylation sites (N-methyl/N-ethyl adjacent to an activating group) is 1. The molecule has 0 fully saturated rings. The molecule has 0 aliphatic heterocycles. The summed E-state index contributed by atoms with van der Waals surface area (Å²) in [5.74, 6) is 0.553. The lowest BCUT2D eigenvalue weighted by atomic mass is 10.2. The van der Waals surface area contributed by atoms with Crippen LogP contribution in [-0.4, -0.2) is 63.2 Å². The molecule has 0 bridgehead atoms. The molecule has 0 aromatic rings. The molecule has 0 atom stereocenters. The van der Waals surface area contributed by atoms with Crippen molar-refractivity contribution >= 4 is 5.97 Å². The van der Waals surface area contributed by atoms with Gasteiger partial charge < -0.3 is 14.5 Å². The fraction of sp³-hybridized carbons (Fsp3) is 0.923. The molecule has 4 nitrogen and oxygen atoms in total. The largest absolute Gasteiger partial charge is 0.469 e. The van der Waals surface area contributed by atoms with E-state index in [0.717, 1.165) is 32.6 Å². The Bertz CT molecular complexity index is 206. The van der Waals surface area contributed by atoms with Gasteiger partial charge in [-0.1, -0.05) is 13.8 Å². The first kappa shape index (κ1) is 16.4. The number of hydrogen-bond acceptors (Lipinski definition) is 4. The molecule has 0 aromatic carbocycles. The van der Waals surface area contributed by atoms with Gasteiger partial charge >= 0.3 is 5.97 Å². The Morgan fingerprint density at radius 2 is 1.82 bits per heavy atom. The van der Waals surface area contributed by atoms with Crippen LogP contribution in [-0.2, 0) is 9.53 Å². The summed E-state index contributed by atoms with van der Waals surface area (Å²) in [5, 5.41) is 0. The lowest BCUT2D eigenvalue weighted by Gasteiger charge is -2.25. The van der Waals surface area contributed by atoms with Crippen molar-refractivity contribution in [1.29, 1.82) is 0 Å². The summed E-state index contributed by atoms with van der Waals surface area (Å²) in [6.45, 7) is 8.64. The van der Waals surface area contributed by atoms with Crippen LogP contribution in [0.4, 0.5) is 0 Å². The van der Waals surface area contributed by atoms with E-state index in [1.807, 2.05) is 0 Å². The summed E-state index contributed by atoms with van der Waals surface area (Å²) in [5.41, 5.74) is 0. The maximum Gasteiger partial charge on any atom is 0.305 e. The van der Waals surface area contributed by atoms with Crippen molar-refractivity contribution in [3.05, 3.63) is 0 Å². The molecule has 0 rings (SSSR count). The molecule has 102 valence electrons. The molecule has 0 N–H and O–H groups in total. The summed E-state index contributed by atoms with van der Waals surface area (Å²) < 4.78 is 4.65. The molecule has 0 radical (unpaired) electrons. The van der Waals surface area contributed by atoms with Gasteiger partial charge in [0.2, 0.25) is 0 Å². The van der Waals surface area contributed by atoms with E-state index < -0.39 is 0 Å². The molecule has 0 unspecified atom stereocenters. The first-order chi connectivity index (χ1) is 7.95. The zero-order valence-electron chi connectivity index (χ0n) is 12.0. The fourth-order valence-corrected chi connectivity index (χ4v) is 1.70. The van der Waals surface area contributed by atoms with Crippen molar-refractivity contribution in [3.63, 3.8) is 0 Å². The topological polar surface area (TPSA) is 32.8 Å². The predicted molar refractivity (Wildman–Crippen MR) is 71.1 cm³/mol. The van der Waals surface area contributed by atoms with Crippen molar-refractivity contribution in [2.45, 2.75) is 26.7 Å². The zero-order chi connectivity index (χ0) is 13.3. The standard InChI is InChI=1S/C13H28N2O2/c1-12(2)11-15(10-9-14(3)4)8-6-7-13(16)17-5/h12H,6-11H2,1-5H3. The van der Waals surface area contributed by atoms with Crippen LogP contribution in [0.3, 0.4) is 0 Å². The van der Waals surface area contributed by atoms with Crippen LogP contribution < -0.4 is 0 Å². The van der Waals surface area contributed by atoms with Gasteiger partial charge in [0.15, 0.2) is 0 Å². The van der Waals surface area contributed by atoms with Gasteiger partial charge in [-0.15, -0.1) is 0 Å². The minimum Gasteiger partial charge on any atom is -0.469 e. The van der Waals surface area contributed by atoms with Gasteiger partial charge in [0.05, 0.1) is 7.11 Å². The first-order valence-corrected chi connectivity index (χ1v) is 6.39. The van der Waals surface area contributed by atoms with Crippen molar-refractivity contribution in [2.75, 3.05) is 47.4 Å². The Morgan fingerprint density at radius 3 is 2.29 bits per heavy atom. The van der Waals surface area contributed by atoms with Crippen LogP contribution in [0.15, 0.2) is 0 Å². The quantitative estimate of drug-likeness (QED) is 0.575. The van der Waals surface area contributed by atoms with Gasteiger partial charge in [-0.25, -0.2) is 0 Å².